The van der Waals surface area contributed by atoms with E-state index in [2.05, 4.69) is 21.7 Å². The van der Waals surface area contributed by atoms with Crippen LogP contribution in [0.15, 0.2) is 65.7 Å². The van der Waals surface area contributed by atoms with Gasteiger partial charge < -0.3 is 15.2 Å². The van der Waals surface area contributed by atoms with Gasteiger partial charge in [-0.25, -0.2) is 4.39 Å². The highest BCUT2D eigenvalue weighted by atomic mass is 19.1. The second-order valence-electron chi connectivity index (χ2n) is 8.92. The summed E-state index contributed by atoms with van der Waals surface area (Å²) in [5, 5.41) is 5.58. The predicted molar refractivity (Wildman–Crippen MR) is 137 cm³/mol. The van der Waals surface area contributed by atoms with Crippen molar-refractivity contribution in [2.75, 3.05) is 12.4 Å². The van der Waals surface area contributed by atoms with Crippen LogP contribution in [-0.4, -0.2) is 34.3 Å². The standard InChI is InChI=1S/C28H29FN4O3/c1-18(30-2)27(35)32-24-12-13-25(20-6-4-3-5-7-20)33(28(24)36)17-19-14-22(16-31-15-19)26(34)21-8-10-23(29)11-9-21/h6,8-16,18,30H,3-5,7,17H2,1-2H3,(H,32,35). The lowest BCUT2D eigenvalue weighted by Crippen LogP contribution is -2.38. The smallest absolute Gasteiger partial charge is 0.275 e. The maximum absolute atomic E-state index is 13.5. The van der Waals surface area contributed by atoms with E-state index in [4.69, 9.17) is 0 Å². The molecule has 1 aliphatic rings. The van der Waals surface area contributed by atoms with E-state index in [1.165, 1.54) is 30.5 Å². The summed E-state index contributed by atoms with van der Waals surface area (Å²) in [6.45, 7) is 1.89. The SMILES string of the molecule is CNC(C)C(=O)Nc1ccc(C2=CCCCC2)n(Cc2cncc(C(=O)c3ccc(F)cc3)c2)c1=O. The van der Waals surface area contributed by atoms with E-state index in [1.54, 1.807) is 36.9 Å². The van der Waals surface area contributed by atoms with Crippen LogP contribution in [0.1, 0.15) is 59.8 Å². The first-order chi connectivity index (χ1) is 17.4. The Morgan fingerprint density at radius 3 is 2.56 bits per heavy atom. The molecule has 2 N–H and O–H groups in total. The summed E-state index contributed by atoms with van der Waals surface area (Å²) in [4.78, 5) is 43.1. The largest absolute Gasteiger partial charge is 0.320 e. The lowest BCUT2D eigenvalue weighted by atomic mass is 9.96. The number of halogens is 1. The summed E-state index contributed by atoms with van der Waals surface area (Å²) >= 11 is 0. The normalized spacial score (nSPS) is 14.1. The minimum absolute atomic E-state index is 0.175. The molecule has 2 aromatic heterocycles. The average molecular weight is 489 g/mol. The van der Waals surface area contributed by atoms with Crippen molar-refractivity contribution < 1.29 is 14.0 Å². The summed E-state index contributed by atoms with van der Waals surface area (Å²) in [6, 6.07) is 10.1. The highest BCUT2D eigenvalue weighted by Crippen LogP contribution is 2.27. The molecule has 0 bridgehead atoms. The molecule has 1 unspecified atom stereocenters. The van der Waals surface area contributed by atoms with Crippen LogP contribution in [0, 0.1) is 5.82 Å². The van der Waals surface area contributed by atoms with Crippen molar-refractivity contribution in [3.63, 3.8) is 0 Å². The Morgan fingerprint density at radius 1 is 1.08 bits per heavy atom. The monoisotopic (exact) mass is 488 g/mol. The van der Waals surface area contributed by atoms with Crippen LogP contribution in [0.2, 0.25) is 0 Å². The zero-order valence-electron chi connectivity index (χ0n) is 20.4. The molecular formula is C28H29FN4O3. The minimum Gasteiger partial charge on any atom is -0.320 e. The Hall–Kier alpha value is -3.91. The van der Waals surface area contributed by atoms with Gasteiger partial charge in [0.15, 0.2) is 5.78 Å². The van der Waals surface area contributed by atoms with Crippen molar-refractivity contribution in [1.82, 2.24) is 14.9 Å². The van der Waals surface area contributed by atoms with Gasteiger partial charge in [-0.2, -0.15) is 0 Å². The van der Waals surface area contributed by atoms with E-state index in [1.807, 2.05) is 6.07 Å². The highest BCUT2D eigenvalue weighted by molar-refractivity contribution is 6.08. The third-order valence-corrected chi connectivity index (χ3v) is 6.38. The molecule has 0 fully saturated rings. The first-order valence-corrected chi connectivity index (χ1v) is 12.0. The summed E-state index contributed by atoms with van der Waals surface area (Å²) < 4.78 is 14.9. The third-order valence-electron chi connectivity index (χ3n) is 6.38. The van der Waals surface area contributed by atoms with Crippen molar-refractivity contribution in [3.8, 4) is 0 Å². The number of hydrogen-bond donors (Lipinski definition) is 2. The number of ketones is 1. The summed E-state index contributed by atoms with van der Waals surface area (Å²) in [5.74, 6) is -1.01. The van der Waals surface area contributed by atoms with Gasteiger partial charge in [-0.1, -0.05) is 6.08 Å². The first-order valence-electron chi connectivity index (χ1n) is 12.0. The van der Waals surface area contributed by atoms with E-state index in [0.29, 0.717) is 16.7 Å². The number of rotatable bonds is 8. The van der Waals surface area contributed by atoms with Gasteiger partial charge in [-0.3, -0.25) is 19.4 Å². The topological polar surface area (TPSA) is 93.1 Å². The maximum Gasteiger partial charge on any atom is 0.275 e. The van der Waals surface area contributed by atoms with Gasteiger partial charge in [0.25, 0.3) is 5.56 Å². The van der Waals surface area contributed by atoms with E-state index in [9.17, 15) is 18.8 Å². The lowest BCUT2D eigenvalue weighted by Gasteiger charge is -2.20. The molecule has 1 amide bonds. The maximum atomic E-state index is 13.5. The summed E-state index contributed by atoms with van der Waals surface area (Å²) in [5.41, 5.74) is 3.09. The number of carbonyl (C=O) groups excluding carboxylic acids is 2. The van der Waals surface area contributed by atoms with Crippen LogP contribution in [0.5, 0.6) is 0 Å². The second kappa shape index (κ2) is 11.2. The van der Waals surface area contributed by atoms with Gasteiger partial charge in [0.2, 0.25) is 5.91 Å². The number of amides is 1. The molecule has 7 nitrogen and oxygen atoms in total. The number of anilines is 1. The summed E-state index contributed by atoms with van der Waals surface area (Å²) in [7, 11) is 1.68. The molecule has 36 heavy (non-hydrogen) atoms. The Bertz CT molecular complexity index is 1360. The number of carbonyl (C=O) groups is 2. The van der Waals surface area contributed by atoms with Gasteiger partial charge in [-0.05, 0) is 93.3 Å². The molecule has 0 saturated carbocycles. The fourth-order valence-electron chi connectivity index (χ4n) is 4.20. The Morgan fingerprint density at radius 2 is 1.86 bits per heavy atom. The summed E-state index contributed by atoms with van der Waals surface area (Å²) in [6.07, 6.45) is 9.19. The zero-order valence-corrected chi connectivity index (χ0v) is 20.4. The zero-order chi connectivity index (χ0) is 25.7. The van der Waals surface area contributed by atoms with E-state index in [-0.39, 0.29) is 29.5 Å². The molecule has 1 atom stereocenters. The van der Waals surface area contributed by atoms with E-state index >= 15 is 0 Å². The number of nitrogens with zero attached hydrogens (tertiary/aromatic N) is 2. The molecule has 3 aromatic rings. The Kier molecular flexibility index (Phi) is 7.85. The third kappa shape index (κ3) is 5.66. The van der Waals surface area contributed by atoms with E-state index in [0.717, 1.165) is 37.0 Å². The fraction of sp³-hybridized carbons (Fsp3) is 0.286. The van der Waals surface area contributed by atoms with Gasteiger partial charge in [0.1, 0.15) is 11.5 Å². The quantitative estimate of drug-likeness (QED) is 0.465. The van der Waals surface area contributed by atoms with Gasteiger partial charge in [0, 0.05) is 29.2 Å². The molecule has 4 rings (SSSR count). The van der Waals surface area contributed by atoms with Crippen LogP contribution < -0.4 is 16.2 Å². The van der Waals surface area contributed by atoms with E-state index < -0.39 is 11.9 Å². The van der Waals surface area contributed by atoms with Crippen LogP contribution >= 0.6 is 0 Å². The molecule has 0 spiro atoms. The Labute approximate surface area is 209 Å². The van der Waals surface area contributed by atoms with Crippen LogP contribution in [0.4, 0.5) is 10.1 Å². The molecule has 1 aliphatic carbocycles. The number of nitrogens with one attached hydrogen (secondary N) is 2. The molecule has 8 heteroatoms. The van der Waals surface area contributed by atoms with Crippen molar-refractivity contribution >= 4 is 23.0 Å². The minimum atomic E-state index is -0.461. The molecule has 2 heterocycles. The number of benzene rings is 1. The number of pyridine rings is 2. The van der Waals surface area contributed by atoms with Crippen molar-refractivity contribution in [2.24, 2.45) is 0 Å². The lowest BCUT2D eigenvalue weighted by molar-refractivity contribution is -0.117. The Balaban J connectivity index is 1.70. The van der Waals surface area contributed by atoms with Crippen molar-refractivity contribution in [2.45, 2.75) is 45.2 Å². The average Bonchev–Trinajstić information content (AvgIpc) is 2.91. The predicted octanol–water partition coefficient (Wildman–Crippen LogP) is 4.17. The van der Waals surface area contributed by atoms with Gasteiger partial charge in [-0.15, -0.1) is 0 Å². The molecular weight excluding hydrogens is 459 g/mol. The van der Waals surface area contributed by atoms with Crippen LogP contribution in [0.3, 0.4) is 0 Å². The number of likely N-dealkylation sites (N-methyl/N-ethyl adjacent to an activating group) is 1. The molecule has 0 aliphatic heterocycles. The van der Waals surface area contributed by atoms with Crippen LogP contribution in [0.25, 0.3) is 5.57 Å². The highest BCUT2D eigenvalue weighted by Gasteiger charge is 2.18. The van der Waals surface area contributed by atoms with Crippen molar-refractivity contribution in [1.29, 1.82) is 0 Å². The second-order valence-corrected chi connectivity index (χ2v) is 8.92. The van der Waals surface area contributed by atoms with Crippen LogP contribution in [-0.2, 0) is 11.3 Å². The molecule has 0 saturated heterocycles. The molecule has 1 aromatic carbocycles. The molecule has 186 valence electrons. The number of hydrogen-bond acceptors (Lipinski definition) is 5. The molecule has 0 radical (unpaired) electrons. The first kappa shape index (κ1) is 25.2. The van der Waals surface area contributed by atoms with Gasteiger partial charge in [0.05, 0.1) is 12.6 Å². The fourth-order valence-corrected chi connectivity index (χ4v) is 4.20. The van der Waals surface area contributed by atoms with Crippen molar-refractivity contribution in [3.05, 3.63) is 99.5 Å². The van der Waals surface area contributed by atoms with Gasteiger partial charge >= 0.3 is 0 Å². The number of allylic oxidation sites excluding steroid dienone is 2. The number of aromatic nitrogens is 2.